The normalized spacial score (nSPS) is 8.87. The standard InChI is InChI=1S/C15H16.C14H14.2C14H12.2C10H8.2C7H8.9C2H6/c1-12-3-7-14(8-4-12)11-15-9-5-13(2)6-10-15;1-12-7-9-14(10-8-12)11-13-5-3-2-4-6-13;2*1-3-7-13(8-4-1)11-12-14-9-5-2-6-10-14;2*1-2-6-10-8-4-3-7-9(10)5-1;2*1-7-5-3-2-4-6-7;9*1-2/h3-10H,11H2,1-2H3;2-10H,11H2,1H3;2*1-12H;2*1-8H;2*2-6H,1H3;9*1-2H3/b;;2*12-11+;;;;;;;;;;;;;. The Morgan fingerprint density at radius 3 is 0.422 bits per heavy atom. The third-order valence-corrected chi connectivity index (χ3v) is 14.4. The average Bonchev–Trinajstić information content (AvgIpc) is 0.873. The maximum atomic E-state index is 2.20. The number of hydrogen-bond donors (Lipinski definition) is 0. The Morgan fingerprint density at radius 1 is 0.138 bits per heavy atom. The Labute approximate surface area is 668 Å². The topological polar surface area (TPSA) is 0 Å². The predicted octanol–water partition coefficient (Wildman–Crippen LogP) is 34.1. The van der Waals surface area contributed by atoms with Crippen molar-refractivity contribution >= 4 is 45.8 Å². The number of aryl methyl sites for hydroxylation is 5. The Kier molecular flexibility index (Phi) is 70.7. The molecule has 0 N–H and O–H groups in total. The molecule has 14 aromatic carbocycles. The minimum atomic E-state index is 1.03. The van der Waals surface area contributed by atoms with Crippen LogP contribution >= 0.6 is 0 Å². The molecule has 0 spiro atoms. The summed E-state index contributed by atoms with van der Waals surface area (Å²) in [4.78, 5) is 0. The highest BCUT2D eigenvalue weighted by Crippen LogP contribution is 2.16. The fourth-order valence-electron chi connectivity index (χ4n) is 9.16. The van der Waals surface area contributed by atoms with Gasteiger partial charge in [-0.15, -0.1) is 0 Å². The molecule has 576 valence electrons. The maximum absolute atomic E-state index is 2.20. The minimum absolute atomic E-state index is 1.03. The molecule has 0 aromatic heterocycles. The lowest BCUT2D eigenvalue weighted by Gasteiger charge is -2.03. The molecule has 0 aliphatic carbocycles. The monoisotopic (exact) mass is 1450 g/mol. The quantitative estimate of drug-likeness (QED) is 0.133. The molecule has 109 heavy (non-hydrogen) atoms. The Morgan fingerprint density at radius 2 is 0.266 bits per heavy atom. The highest BCUT2D eigenvalue weighted by Gasteiger charge is 1.97. The van der Waals surface area contributed by atoms with E-state index in [1.54, 1.807) is 0 Å². The second-order valence-electron chi connectivity index (χ2n) is 22.1. The third kappa shape index (κ3) is 52.7. The van der Waals surface area contributed by atoms with Crippen LogP contribution in [0, 0.1) is 34.6 Å². The van der Waals surface area contributed by atoms with E-state index in [4.69, 9.17) is 0 Å². The van der Waals surface area contributed by atoms with E-state index in [2.05, 4.69) is 332 Å². The molecular weight excluding hydrogens is 1310 g/mol. The van der Waals surface area contributed by atoms with Crippen LogP contribution in [-0.2, 0) is 12.8 Å². The van der Waals surface area contributed by atoms with Gasteiger partial charge in [-0.2, -0.15) is 0 Å². The lowest BCUT2D eigenvalue weighted by atomic mass is 10.0. The van der Waals surface area contributed by atoms with Crippen LogP contribution in [0.5, 0.6) is 0 Å². The van der Waals surface area contributed by atoms with Crippen molar-refractivity contribution in [3.63, 3.8) is 0 Å². The van der Waals surface area contributed by atoms with Gasteiger partial charge in [-0.3, -0.25) is 0 Å². The summed E-state index contributed by atoms with van der Waals surface area (Å²) in [5.74, 6) is 0. The van der Waals surface area contributed by atoms with Gasteiger partial charge >= 0.3 is 0 Å². The Hall–Kier alpha value is -10.9. The molecule has 14 aromatic rings. The number of fused-ring (bicyclic) bond motifs is 2. The first kappa shape index (κ1) is 102. The summed E-state index contributed by atoms with van der Waals surface area (Å²) in [6.45, 7) is 46.5. The Balaban J connectivity index is -0.00000115. The molecule has 0 heterocycles. The SMILES string of the molecule is C(=C\c1ccccc1)/c1ccccc1.C(=C\c1ccccc1)/c1ccccc1.CC.CC.CC.CC.CC.CC.CC.CC.CC.Cc1ccc(Cc2ccc(C)cc2)cc1.Cc1ccc(Cc2ccccc2)cc1.Cc1ccccc1.Cc1ccccc1.c1ccc2ccccc2c1.c1ccc2ccccc2c1. The zero-order valence-corrected chi connectivity index (χ0v) is 71.6. The van der Waals surface area contributed by atoms with Gasteiger partial charge in [0.25, 0.3) is 0 Å². The van der Waals surface area contributed by atoms with Crippen LogP contribution in [0.25, 0.3) is 45.8 Å². The molecule has 0 aliphatic heterocycles. The highest BCUT2D eigenvalue weighted by atomic mass is 14.0. The van der Waals surface area contributed by atoms with Crippen LogP contribution in [0.2, 0.25) is 0 Å². The molecule has 0 saturated carbocycles. The van der Waals surface area contributed by atoms with Crippen LogP contribution in [0.4, 0.5) is 0 Å². The maximum Gasteiger partial charge on any atom is -0.00258 e. The van der Waals surface area contributed by atoms with Crippen molar-refractivity contribution in [3.05, 3.63) is 455 Å². The molecular formula is C109H140. The van der Waals surface area contributed by atoms with Crippen LogP contribution in [-0.4, -0.2) is 0 Å². The van der Waals surface area contributed by atoms with E-state index in [9.17, 15) is 0 Å². The van der Waals surface area contributed by atoms with Crippen LogP contribution in [0.3, 0.4) is 0 Å². The summed E-state index contributed by atoms with van der Waals surface area (Å²) >= 11 is 0. The average molecular weight is 1450 g/mol. The molecule has 0 atom stereocenters. The van der Waals surface area contributed by atoms with Crippen molar-refractivity contribution < 1.29 is 0 Å². The zero-order valence-electron chi connectivity index (χ0n) is 71.6. The summed E-state index contributed by atoms with van der Waals surface area (Å²) in [5, 5.41) is 5.24. The fourth-order valence-corrected chi connectivity index (χ4v) is 9.16. The van der Waals surface area contributed by atoms with E-state index in [0.717, 1.165) is 12.8 Å². The van der Waals surface area contributed by atoms with E-state index in [1.807, 2.05) is 234 Å². The molecule has 0 amide bonds. The highest BCUT2D eigenvalue weighted by molar-refractivity contribution is 5.83. The molecule has 0 saturated heterocycles. The van der Waals surface area contributed by atoms with Crippen LogP contribution in [0.1, 0.15) is 197 Å². The zero-order chi connectivity index (χ0) is 81.6. The van der Waals surface area contributed by atoms with Crippen LogP contribution in [0.15, 0.2) is 382 Å². The molecule has 0 radical (unpaired) electrons. The summed E-state index contributed by atoms with van der Waals surface area (Å²) in [5.41, 5.74) is 17.0. The van der Waals surface area contributed by atoms with Gasteiger partial charge < -0.3 is 0 Å². The first-order chi connectivity index (χ1) is 53.7. The van der Waals surface area contributed by atoms with Gasteiger partial charge in [0.1, 0.15) is 0 Å². The molecule has 0 fully saturated rings. The molecule has 0 heteroatoms. The van der Waals surface area contributed by atoms with Crippen molar-refractivity contribution in [1.82, 2.24) is 0 Å². The van der Waals surface area contributed by atoms with E-state index in [0.29, 0.717) is 0 Å². The number of rotatable bonds is 8. The van der Waals surface area contributed by atoms with Crippen molar-refractivity contribution in [3.8, 4) is 0 Å². The smallest absolute Gasteiger partial charge is 0.00258 e. The molecule has 0 unspecified atom stereocenters. The number of hydrogen-bond acceptors (Lipinski definition) is 0. The lowest BCUT2D eigenvalue weighted by Crippen LogP contribution is -1.88. The van der Waals surface area contributed by atoms with Crippen molar-refractivity contribution in [2.75, 3.05) is 0 Å². The van der Waals surface area contributed by atoms with E-state index in [1.165, 1.54) is 93.9 Å². The van der Waals surface area contributed by atoms with Gasteiger partial charge in [0.15, 0.2) is 0 Å². The first-order valence-corrected chi connectivity index (χ1v) is 40.4. The molecule has 14 rings (SSSR count). The van der Waals surface area contributed by atoms with Gasteiger partial charge in [0.2, 0.25) is 0 Å². The van der Waals surface area contributed by atoms with Crippen LogP contribution < -0.4 is 0 Å². The molecule has 0 bridgehead atoms. The van der Waals surface area contributed by atoms with Gasteiger partial charge in [-0.05, 0) is 114 Å². The second kappa shape index (κ2) is 75.3. The van der Waals surface area contributed by atoms with Gasteiger partial charge in [-0.1, -0.05) is 559 Å². The molecule has 0 aliphatic rings. The fraction of sp³-hybridized carbons (Fsp3) is 0.229. The summed E-state index contributed by atoms with van der Waals surface area (Å²) in [6, 6.07) is 132. The lowest BCUT2D eigenvalue weighted by molar-refractivity contribution is 1.18. The summed E-state index contributed by atoms with van der Waals surface area (Å²) in [7, 11) is 0. The van der Waals surface area contributed by atoms with E-state index in [-0.39, 0.29) is 0 Å². The molecule has 0 nitrogen and oxygen atoms in total. The Bertz CT molecular complexity index is 3730. The second-order valence-corrected chi connectivity index (χ2v) is 22.1. The summed E-state index contributed by atoms with van der Waals surface area (Å²) < 4.78 is 0. The van der Waals surface area contributed by atoms with E-state index < -0.39 is 0 Å². The van der Waals surface area contributed by atoms with Crippen molar-refractivity contribution in [1.29, 1.82) is 0 Å². The third-order valence-electron chi connectivity index (χ3n) is 14.4. The number of benzene rings is 14. The van der Waals surface area contributed by atoms with Crippen molar-refractivity contribution in [2.45, 2.75) is 172 Å². The van der Waals surface area contributed by atoms with Gasteiger partial charge in [0.05, 0.1) is 0 Å². The van der Waals surface area contributed by atoms with Crippen molar-refractivity contribution in [2.24, 2.45) is 0 Å². The van der Waals surface area contributed by atoms with E-state index >= 15 is 0 Å². The van der Waals surface area contributed by atoms with Gasteiger partial charge in [0, 0.05) is 0 Å². The first-order valence-electron chi connectivity index (χ1n) is 40.4. The largest absolute Gasteiger partial charge is 0.0683 e. The summed E-state index contributed by atoms with van der Waals surface area (Å²) in [6.07, 6.45) is 10.5. The van der Waals surface area contributed by atoms with Gasteiger partial charge in [-0.25, -0.2) is 0 Å². The predicted molar refractivity (Wildman–Crippen MR) is 502 cm³/mol. The minimum Gasteiger partial charge on any atom is -0.0683 e.